The van der Waals surface area contributed by atoms with Crippen LogP contribution in [-0.4, -0.2) is 47.6 Å². The second kappa shape index (κ2) is 10.5. The van der Waals surface area contributed by atoms with Crippen LogP contribution in [0.4, 0.5) is 5.82 Å². The maximum atomic E-state index is 12.8. The number of ether oxygens (including phenoxy) is 1. The predicted octanol–water partition coefficient (Wildman–Crippen LogP) is 4.66. The van der Waals surface area contributed by atoms with E-state index in [9.17, 15) is 4.79 Å². The number of nitrogens with one attached hydrogen (secondary N) is 1. The minimum absolute atomic E-state index is 0.124. The van der Waals surface area contributed by atoms with Crippen LogP contribution in [-0.2, 0) is 6.42 Å². The number of carbonyl (C=O) groups excluding carboxylic acids is 1. The number of pyridine rings is 1. The lowest BCUT2D eigenvalue weighted by atomic mass is 10.1. The van der Waals surface area contributed by atoms with Gasteiger partial charge in [-0.3, -0.25) is 9.78 Å². The van der Waals surface area contributed by atoms with Crippen LogP contribution in [0.2, 0.25) is 0 Å². The molecule has 7 nitrogen and oxygen atoms in total. The van der Waals surface area contributed by atoms with E-state index in [-0.39, 0.29) is 5.91 Å². The Morgan fingerprint density at radius 1 is 1.00 bits per heavy atom. The van der Waals surface area contributed by atoms with E-state index < -0.39 is 0 Å². The van der Waals surface area contributed by atoms with Gasteiger partial charge in [-0.15, -0.1) is 0 Å². The largest absolute Gasteiger partial charge is 0.497 e. The van der Waals surface area contributed by atoms with E-state index in [0.717, 1.165) is 66.3 Å². The molecule has 178 valence electrons. The Labute approximate surface area is 205 Å². The Bertz CT molecular complexity index is 1320. The van der Waals surface area contributed by atoms with Crippen LogP contribution < -0.4 is 15.0 Å². The summed E-state index contributed by atoms with van der Waals surface area (Å²) in [6, 6.07) is 17.3. The van der Waals surface area contributed by atoms with Gasteiger partial charge in [0.1, 0.15) is 11.4 Å². The third-order valence-corrected chi connectivity index (χ3v) is 6.33. The van der Waals surface area contributed by atoms with E-state index in [1.165, 1.54) is 6.42 Å². The highest BCUT2D eigenvalue weighted by Gasteiger charge is 2.20. The smallest absolute Gasteiger partial charge is 0.251 e. The molecule has 3 heterocycles. The van der Waals surface area contributed by atoms with Crippen molar-refractivity contribution in [2.45, 2.75) is 25.7 Å². The van der Waals surface area contributed by atoms with E-state index in [1.54, 1.807) is 13.3 Å². The van der Waals surface area contributed by atoms with Gasteiger partial charge in [-0.1, -0.05) is 18.2 Å². The van der Waals surface area contributed by atoms with E-state index in [0.29, 0.717) is 17.6 Å². The van der Waals surface area contributed by atoms with Crippen molar-refractivity contribution in [2.75, 3.05) is 31.6 Å². The summed E-state index contributed by atoms with van der Waals surface area (Å²) in [6.07, 6.45) is 7.83. The van der Waals surface area contributed by atoms with Crippen molar-refractivity contribution in [1.29, 1.82) is 0 Å². The second-order valence-corrected chi connectivity index (χ2v) is 8.75. The lowest BCUT2D eigenvalue weighted by molar-refractivity contribution is 0.0954. The number of rotatable bonds is 7. The monoisotopic (exact) mass is 467 g/mol. The summed E-state index contributed by atoms with van der Waals surface area (Å²) in [5.74, 6) is 1.54. The van der Waals surface area contributed by atoms with Gasteiger partial charge in [-0.25, -0.2) is 9.97 Å². The molecule has 35 heavy (non-hydrogen) atoms. The first-order valence-electron chi connectivity index (χ1n) is 12.1. The first-order chi connectivity index (χ1) is 17.2. The molecule has 0 unspecified atom stereocenters. The van der Waals surface area contributed by atoms with E-state index in [2.05, 4.69) is 15.2 Å². The van der Waals surface area contributed by atoms with Crippen LogP contribution in [0.1, 0.15) is 35.2 Å². The molecule has 2 aromatic carbocycles. The molecule has 1 aliphatic rings. The molecular weight excluding hydrogens is 438 g/mol. The highest BCUT2D eigenvalue weighted by atomic mass is 16.5. The van der Waals surface area contributed by atoms with Gasteiger partial charge >= 0.3 is 0 Å². The molecule has 0 spiro atoms. The number of hydrogen-bond donors (Lipinski definition) is 1. The van der Waals surface area contributed by atoms with Crippen LogP contribution in [0.25, 0.3) is 22.3 Å². The molecule has 0 aliphatic carbocycles. The number of methoxy groups -OCH3 is 1. The first kappa shape index (κ1) is 22.8. The number of anilines is 1. The van der Waals surface area contributed by atoms with Gasteiger partial charge in [0, 0.05) is 43.2 Å². The molecule has 2 aromatic heterocycles. The number of fused-ring (bicyclic) bond motifs is 1. The fourth-order valence-electron chi connectivity index (χ4n) is 4.44. The molecule has 1 N–H and O–H groups in total. The van der Waals surface area contributed by atoms with E-state index in [1.807, 2.05) is 60.8 Å². The summed E-state index contributed by atoms with van der Waals surface area (Å²) in [6.45, 7) is 2.47. The summed E-state index contributed by atoms with van der Waals surface area (Å²) in [5.41, 5.74) is 4.90. The Morgan fingerprint density at radius 2 is 1.89 bits per heavy atom. The Balaban J connectivity index is 1.45. The fourth-order valence-corrected chi connectivity index (χ4v) is 4.44. The molecule has 0 radical (unpaired) electrons. The molecular formula is C28H29N5O2. The van der Waals surface area contributed by atoms with E-state index >= 15 is 0 Å². The summed E-state index contributed by atoms with van der Waals surface area (Å²) in [7, 11) is 1.66. The van der Waals surface area contributed by atoms with Crippen molar-refractivity contribution in [1.82, 2.24) is 20.3 Å². The highest BCUT2D eigenvalue weighted by molar-refractivity contribution is 5.98. The number of benzene rings is 2. The SMILES string of the molecule is COc1cccc(-c2nc3cc(C(=O)NCCc4cccnc4)ccc3nc2N2CCCCC2)c1. The third kappa shape index (κ3) is 5.24. The average Bonchev–Trinajstić information content (AvgIpc) is 2.93. The van der Waals surface area contributed by atoms with Crippen molar-refractivity contribution >= 4 is 22.8 Å². The van der Waals surface area contributed by atoms with Gasteiger partial charge in [0.2, 0.25) is 0 Å². The maximum Gasteiger partial charge on any atom is 0.251 e. The molecule has 1 fully saturated rings. The summed E-state index contributed by atoms with van der Waals surface area (Å²) >= 11 is 0. The topological polar surface area (TPSA) is 80.2 Å². The maximum absolute atomic E-state index is 12.8. The predicted molar refractivity (Wildman–Crippen MR) is 138 cm³/mol. The van der Waals surface area contributed by atoms with Crippen molar-refractivity contribution in [3.8, 4) is 17.0 Å². The molecule has 1 aliphatic heterocycles. The lowest BCUT2D eigenvalue weighted by Crippen LogP contribution is -2.31. The summed E-state index contributed by atoms with van der Waals surface area (Å²) in [4.78, 5) is 29.3. The molecule has 7 heteroatoms. The lowest BCUT2D eigenvalue weighted by Gasteiger charge is -2.29. The van der Waals surface area contributed by atoms with Crippen molar-refractivity contribution in [3.63, 3.8) is 0 Å². The zero-order chi connectivity index (χ0) is 24.0. The minimum Gasteiger partial charge on any atom is -0.497 e. The highest BCUT2D eigenvalue weighted by Crippen LogP contribution is 2.33. The molecule has 0 saturated carbocycles. The van der Waals surface area contributed by atoms with E-state index in [4.69, 9.17) is 14.7 Å². The van der Waals surface area contributed by atoms with Crippen LogP contribution in [0.3, 0.4) is 0 Å². The molecule has 1 saturated heterocycles. The normalized spacial score (nSPS) is 13.6. The first-order valence-corrected chi connectivity index (χ1v) is 12.1. The van der Waals surface area contributed by atoms with Gasteiger partial charge in [0.15, 0.2) is 5.82 Å². The number of piperidine rings is 1. The quantitative estimate of drug-likeness (QED) is 0.426. The van der Waals surface area contributed by atoms with Gasteiger partial charge in [-0.05, 0) is 67.6 Å². The Kier molecular flexibility index (Phi) is 6.84. The molecule has 1 amide bonds. The van der Waals surface area contributed by atoms with Gasteiger partial charge in [-0.2, -0.15) is 0 Å². The summed E-state index contributed by atoms with van der Waals surface area (Å²) < 4.78 is 5.45. The zero-order valence-corrected chi connectivity index (χ0v) is 19.9. The van der Waals surface area contributed by atoms with Gasteiger partial charge in [0.05, 0.1) is 18.1 Å². The van der Waals surface area contributed by atoms with Crippen LogP contribution in [0.15, 0.2) is 67.0 Å². The molecule has 0 atom stereocenters. The number of aromatic nitrogens is 3. The number of amides is 1. The minimum atomic E-state index is -0.124. The Hall–Kier alpha value is -4.00. The van der Waals surface area contributed by atoms with Crippen molar-refractivity contribution < 1.29 is 9.53 Å². The number of carbonyl (C=O) groups is 1. The second-order valence-electron chi connectivity index (χ2n) is 8.75. The van der Waals surface area contributed by atoms with Crippen molar-refractivity contribution in [2.24, 2.45) is 0 Å². The summed E-state index contributed by atoms with van der Waals surface area (Å²) in [5, 5.41) is 3.00. The van der Waals surface area contributed by atoms with Crippen LogP contribution in [0.5, 0.6) is 5.75 Å². The van der Waals surface area contributed by atoms with Crippen LogP contribution in [0, 0.1) is 0 Å². The average molecular weight is 468 g/mol. The van der Waals surface area contributed by atoms with Crippen LogP contribution >= 0.6 is 0 Å². The van der Waals surface area contributed by atoms with Crippen molar-refractivity contribution in [3.05, 3.63) is 78.1 Å². The fraction of sp³-hybridized carbons (Fsp3) is 0.286. The standard InChI is InChI=1S/C28H29N5O2/c1-35-23-9-5-8-21(17-23)26-27(33-15-3-2-4-16-33)32-24-11-10-22(18-25(24)31-26)28(34)30-14-12-20-7-6-13-29-19-20/h5-11,13,17-19H,2-4,12,14-16H2,1H3,(H,30,34). The van der Waals surface area contributed by atoms with Gasteiger partial charge in [0.25, 0.3) is 5.91 Å². The molecule has 5 rings (SSSR count). The number of hydrogen-bond acceptors (Lipinski definition) is 6. The molecule has 4 aromatic rings. The van der Waals surface area contributed by atoms with Gasteiger partial charge < -0.3 is 15.0 Å². The number of nitrogens with zero attached hydrogens (tertiary/aromatic N) is 4. The zero-order valence-electron chi connectivity index (χ0n) is 19.9. The Morgan fingerprint density at radius 3 is 2.69 bits per heavy atom. The third-order valence-electron chi connectivity index (χ3n) is 6.33. The molecule has 0 bridgehead atoms.